The molecule has 0 aliphatic carbocycles. The minimum Gasteiger partial charge on any atom is -0.384 e. The molecule has 0 amide bonds. The lowest BCUT2D eigenvalue weighted by Gasteiger charge is -2.10. The molecular formula is C9H11ClN4. The zero-order valence-electron chi connectivity index (χ0n) is 7.79. The Labute approximate surface area is 87.6 Å². The summed E-state index contributed by atoms with van der Waals surface area (Å²) in [6.07, 6.45) is 4.81. The van der Waals surface area contributed by atoms with E-state index in [1.807, 2.05) is 0 Å². The van der Waals surface area contributed by atoms with E-state index in [4.69, 9.17) is 17.3 Å². The summed E-state index contributed by atoms with van der Waals surface area (Å²) in [5.74, 6) is 0.424. The van der Waals surface area contributed by atoms with Gasteiger partial charge in [-0.2, -0.15) is 0 Å². The van der Waals surface area contributed by atoms with Crippen LogP contribution in [0.25, 0.3) is 0 Å². The molecule has 0 fully saturated rings. The van der Waals surface area contributed by atoms with Gasteiger partial charge in [0.2, 0.25) is 0 Å². The number of nitrogens with zero attached hydrogens (tertiary/aromatic N) is 2. The van der Waals surface area contributed by atoms with Crippen LogP contribution in [-0.2, 0) is 0 Å². The number of allylic oxidation sites excluding steroid dienone is 2. The van der Waals surface area contributed by atoms with E-state index in [0.717, 1.165) is 0 Å². The number of hydrogen-bond donors (Lipinski definition) is 2. The van der Waals surface area contributed by atoms with Crippen molar-refractivity contribution in [2.75, 3.05) is 7.05 Å². The molecule has 4 nitrogen and oxygen atoms in total. The minimum absolute atomic E-state index is 0.376. The molecule has 0 unspecified atom stereocenters. The molecule has 1 heterocycles. The highest BCUT2D eigenvalue weighted by atomic mass is 35.5. The maximum Gasteiger partial charge on any atom is 0.130 e. The Morgan fingerprint density at radius 1 is 1.71 bits per heavy atom. The molecule has 0 aromatic heterocycles. The van der Waals surface area contributed by atoms with E-state index < -0.39 is 0 Å². The van der Waals surface area contributed by atoms with E-state index in [2.05, 4.69) is 21.9 Å². The van der Waals surface area contributed by atoms with Crippen LogP contribution < -0.4 is 11.1 Å². The second-order valence-electron chi connectivity index (χ2n) is 2.48. The van der Waals surface area contributed by atoms with Crippen molar-refractivity contribution >= 4 is 22.5 Å². The molecule has 3 N–H and O–H groups in total. The van der Waals surface area contributed by atoms with Gasteiger partial charge in [0.15, 0.2) is 0 Å². The Morgan fingerprint density at radius 3 is 3.00 bits per heavy atom. The molecule has 0 bridgehead atoms. The Hall–Kier alpha value is -1.55. The summed E-state index contributed by atoms with van der Waals surface area (Å²) in [4.78, 5) is 8.08. The van der Waals surface area contributed by atoms with E-state index in [-0.39, 0.29) is 0 Å². The minimum atomic E-state index is 0.376. The first-order valence-corrected chi connectivity index (χ1v) is 4.35. The van der Waals surface area contributed by atoms with E-state index in [1.54, 1.807) is 19.2 Å². The molecule has 5 heteroatoms. The van der Waals surface area contributed by atoms with Gasteiger partial charge in [0.1, 0.15) is 16.7 Å². The highest BCUT2D eigenvalue weighted by Gasteiger charge is 2.11. The van der Waals surface area contributed by atoms with Gasteiger partial charge in [0.25, 0.3) is 0 Å². The monoisotopic (exact) mass is 210 g/mol. The number of aliphatic imine (C=N–C) groups is 2. The summed E-state index contributed by atoms with van der Waals surface area (Å²) in [5, 5.41) is 3.16. The molecule has 1 aliphatic heterocycles. The second-order valence-corrected chi connectivity index (χ2v) is 2.86. The summed E-state index contributed by atoms with van der Waals surface area (Å²) in [6.45, 7) is 3.51. The lowest BCUT2D eigenvalue weighted by atomic mass is 10.2. The van der Waals surface area contributed by atoms with Gasteiger partial charge in [-0.15, -0.1) is 0 Å². The molecular weight excluding hydrogens is 200 g/mol. The van der Waals surface area contributed by atoms with Crippen molar-refractivity contribution < 1.29 is 0 Å². The van der Waals surface area contributed by atoms with E-state index in [1.165, 1.54) is 6.20 Å². The first kappa shape index (κ1) is 10.5. The van der Waals surface area contributed by atoms with Gasteiger partial charge in [-0.25, -0.2) is 4.99 Å². The Kier molecular flexibility index (Phi) is 3.48. The predicted molar refractivity (Wildman–Crippen MR) is 60.3 cm³/mol. The van der Waals surface area contributed by atoms with Gasteiger partial charge in [-0.3, -0.25) is 4.99 Å². The maximum atomic E-state index is 5.74. The zero-order valence-corrected chi connectivity index (χ0v) is 8.54. The first-order chi connectivity index (χ1) is 6.69. The largest absolute Gasteiger partial charge is 0.384 e. The average molecular weight is 211 g/mol. The van der Waals surface area contributed by atoms with Gasteiger partial charge in [0.05, 0.1) is 5.71 Å². The fourth-order valence-electron chi connectivity index (χ4n) is 0.947. The third-order valence-electron chi connectivity index (χ3n) is 1.59. The molecule has 74 valence electrons. The number of nitrogens with one attached hydrogen (secondary N) is 1. The van der Waals surface area contributed by atoms with Crippen molar-refractivity contribution in [2.45, 2.75) is 0 Å². The van der Waals surface area contributed by atoms with E-state index in [9.17, 15) is 0 Å². The summed E-state index contributed by atoms with van der Waals surface area (Å²) >= 11 is 5.74. The lowest BCUT2D eigenvalue weighted by Crippen LogP contribution is -2.21. The maximum absolute atomic E-state index is 5.74. The molecule has 1 rings (SSSR count). The molecule has 0 aromatic carbocycles. The van der Waals surface area contributed by atoms with Crippen molar-refractivity contribution in [1.82, 2.24) is 5.32 Å². The highest BCUT2D eigenvalue weighted by Crippen LogP contribution is 2.12. The topological polar surface area (TPSA) is 62.8 Å². The van der Waals surface area contributed by atoms with Crippen LogP contribution in [0.3, 0.4) is 0 Å². The smallest absolute Gasteiger partial charge is 0.130 e. The zero-order chi connectivity index (χ0) is 10.6. The van der Waals surface area contributed by atoms with Gasteiger partial charge < -0.3 is 11.1 Å². The van der Waals surface area contributed by atoms with Crippen molar-refractivity contribution in [1.29, 1.82) is 0 Å². The number of dihydropyridines is 1. The normalized spacial score (nSPS) is 21.9. The predicted octanol–water partition coefficient (Wildman–Crippen LogP) is 1.13. The highest BCUT2D eigenvalue weighted by molar-refractivity contribution is 6.69. The van der Waals surface area contributed by atoms with Gasteiger partial charge in [-0.05, 0) is 12.2 Å². The Balaban J connectivity index is 3.18. The first-order valence-electron chi connectivity index (χ1n) is 3.98. The average Bonchev–Trinajstić information content (AvgIpc) is 2.20. The quantitative estimate of drug-likeness (QED) is 0.718. The van der Waals surface area contributed by atoms with Crippen molar-refractivity contribution in [3.8, 4) is 0 Å². The van der Waals surface area contributed by atoms with Crippen LogP contribution in [0.15, 0.2) is 46.4 Å². The lowest BCUT2D eigenvalue weighted by molar-refractivity contribution is 0.944. The van der Waals surface area contributed by atoms with Gasteiger partial charge in [0, 0.05) is 13.2 Å². The SMILES string of the molecule is C=C/N=C1/C=CC(Cl)=N/C1=C(/N)NC. The molecule has 0 saturated carbocycles. The number of nitrogens with two attached hydrogens (primary N) is 1. The summed E-state index contributed by atoms with van der Waals surface area (Å²) < 4.78 is 0. The van der Waals surface area contributed by atoms with Crippen molar-refractivity contribution in [3.63, 3.8) is 0 Å². The summed E-state index contributed by atoms with van der Waals surface area (Å²) in [7, 11) is 1.70. The number of halogens is 1. The van der Waals surface area contributed by atoms with Crippen molar-refractivity contribution in [2.24, 2.45) is 15.7 Å². The van der Waals surface area contributed by atoms with Crippen LogP contribution in [-0.4, -0.2) is 17.9 Å². The van der Waals surface area contributed by atoms with Crippen LogP contribution in [0.4, 0.5) is 0 Å². The van der Waals surface area contributed by atoms with Gasteiger partial charge >= 0.3 is 0 Å². The standard InChI is InChI=1S/C9H11ClN4/c1-3-13-6-4-5-7(10)14-8(6)9(11)12-2/h3-5,12H,1,11H2,2H3/b9-8-,13-6-. The van der Waals surface area contributed by atoms with Crippen LogP contribution >= 0.6 is 11.6 Å². The second kappa shape index (κ2) is 4.62. The molecule has 0 spiro atoms. The van der Waals surface area contributed by atoms with Gasteiger partial charge in [-0.1, -0.05) is 18.2 Å². The Morgan fingerprint density at radius 2 is 2.43 bits per heavy atom. The van der Waals surface area contributed by atoms with Crippen molar-refractivity contribution in [3.05, 3.63) is 36.4 Å². The van der Waals surface area contributed by atoms with E-state index >= 15 is 0 Å². The van der Waals surface area contributed by atoms with Crippen LogP contribution in [0.1, 0.15) is 0 Å². The van der Waals surface area contributed by atoms with E-state index in [0.29, 0.717) is 22.4 Å². The molecule has 0 atom stereocenters. The van der Waals surface area contributed by atoms with Crippen LogP contribution in [0, 0.1) is 0 Å². The molecule has 14 heavy (non-hydrogen) atoms. The third-order valence-corrected chi connectivity index (χ3v) is 1.81. The van der Waals surface area contributed by atoms with Crippen LogP contribution in [0.5, 0.6) is 0 Å². The Bertz CT molecular complexity index is 363. The third kappa shape index (κ3) is 2.23. The molecule has 0 aromatic rings. The molecule has 0 saturated heterocycles. The van der Waals surface area contributed by atoms with Crippen LogP contribution in [0.2, 0.25) is 0 Å². The molecule has 1 aliphatic rings. The summed E-state index contributed by atoms with van der Waals surface area (Å²) in [6, 6.07) is 0. The summed E-state index contributed by atoms with van der Waals surface area (Å²) in [5.41, 5.74) is 6.85. The molecule has 0 radical (unpaired) electrons. The fraction of sp³-hybridized carbons (Fsp3) is 0.111. The number of rotatable bonds is 2. The fourth-order valence-corrected chi connectivity index (χ4v) is 1.09. The number of hydrogen-bond acceptors (Lipinski definition) is 4.